The fraction of sp³-hybridized carbons (Fsp3) is 0.167. The summed E-state index contributed by atoms with van der Waals surface area (Å²) in [6.07, 6.45) is -1.03. The SMILES string of the molecule is Cc1c(CC(=O)O)cc(NC(=O)OCC2c3ccccc3-c3ccccc32)cc1B(O)O. The molecule has 1 amide bonds. The van der Waals surface area contributed by atoms with E-state index in [0.717, 1.165) is 22.3 Å². The highest BCUT2D eigenvalue weighted by Crippen LogP contribution is 2.44. The number of ether oxygens (including phenoxy) is 1. The standard InChI is InChI=1S/C24H22BNO6/c1-14-15(11-23(27)28)10-16(12-22(14)25(30)31)26-24(29)32-13-21-19-8-4-2-6-17(19)18-7-3-5-9-20(18)21/h2-10,12,21,30-31H,11,13H2,1H3,(H,26,29)(H,27,28). The number of carboxylic acid groups (broad SMARTS) is 1. The molecule has 7 nitrogen and oxygen atoms in total. The number of rotatable bonds is 6. The van der Waals surface area contributed by atoms with Gasteiger partial charge in [-0.3, -0.25) is 10.1 Å². The summed E-state index contributed by atoms with van der Waals surface area (Å²) in [5.74, 6) is -1.16. The van der Waals surface area contributed by atoms with Crippen molar-refractivity contribution in [1.29, 1.82) is 0 Å². The van der Waals surface area contributed by atoms with E-state index in [-0.39, 0.29) is 30.1 Å². The minimum Gasteiger partial charge on any atom is -0.481 e. The third-order valence-corrected chi connectivity index (χ3v) is 5.77. The van der Waals surface area contributed by atoms with Crippen molar-refractivity contribution < 1.29 is 29.5 Å². The summed E-state index contributed by atoms with van der Waals surface area (Å²) in [5, 5.41) is 30.9. The molecule has 0 aromatic heterocycles. The topological polar surface area (TPSA) is 116 Å². The highest BCUT2D eigenvalue weighted by atomic mass is 16.5. The van der Waals surface area contributed by atoms with Gasteiger partial charge in [0, 0.05) is 11.6 Å². The van der Waals surface area contributed by atoms with Gasteiger partial charge in [-0.1, -0.05) is 48.5 Å². The number of hydrogen-bond donors (Lipinski definition) is 4. The lowest BCUT2D eigenvalue weighted by Gasteiger charge is -2.16. The summed E-state index contributed by atoms with van der Waals surface area (Å²) in [4.78, 5) is 23.7. The number of benzene rings is 3. The largest absolute Gasteiger partial charge is 0.488 e. The number of anilines is 1. The molecule has 0 heterocycles. The first-order chi connectivity index (χ1) is 15.3. The summed E-state index contributed by atoms with van der Waals surface area (Å²) in [5.41, 5.74) is 5.59. The predicted octanol–water partition coefficient (Wildman–Crippen LogP) is 2.66. The van der Waals surface area contributed by atoms with Gasteiger partial charge in [-0.2, -0.15) is 0 Å². The van der Waals surface area contributed by atoms with Gasteiger partial charge >= 0.3 is 19.2 Å². The van der Waals surface area contributed by atoms with Crippen LogP contribution in [0.25, 0.3) is 11.1 Å². The lowest BCUT2D eigenvalue weighted by Crippen LogP contribution is -2.33. The Morgan fingerprint density at radius 2 is 1.59 bits per heavy atom. The molecule has 0 saturated heterocycles. The molecule has 0 bridgehead atoms. The van der Waals surface area contributed by atoms with Gasteiger partial charge in [-0.25, -0.2) is 4.79 Å². The molecule has 4 rings (SSSR count). The average molecular weight is 431 g/mol. The summed E-state index contributed by atoms with van der Waals surface area (Å²) in [7, 11) is -1.80. The molecule has 0 saturated carbocycles. The maximum absolute atomic E-state index is 12.5. The van der Waals surface area contributed by atoms with Crippen LogP contribution in [0.2, 0.25) is 0 Å². The van der Waals surface area contributed by atoms with Crippen molar-refractivity contribution >= 4 is 30.3 Å². The van der Waals surface area contributed by atoms with E-state index in [0.29, 0.717) is 11.1 Å². The fourth-order valence-corrected chi connectivity index (χ4v) is 4.24. The molecular weight excluding hydrogens is 409 g/mol. The summed E-state index contributed by atoms with van der Waals surface area (Å²) >= 11 is 0. The molecule has 4 N–H and O–H groups in total. The van der Waals surface area contributed by atoms with Gasteiger partial charge in [-0.15, -0.1) is 0 Å². The summed E-state index contributed by atoms with van der Waals surface area (Å²) < 4.78 is 5.50. The first kappa shape index (κ1) is 21.6. The molecule has 1 aliphatic carbocycles. The van der Waals surface area contributed by atoms with Crippen LogP contribution >= 0.6 is 0 Å². The Labute approximate surface area is 185 Å². The zero-order chi connectivity index (χ0) is 22.8. The average Bonchev–Trinajstić information content (AvgIpc) is 3.08. The zero-order valence-electron chi connectivity index (χ0n) is 17.4. The Morgan fingerprint density at radius 1 is 1.00 bits per heavy atom. The minimum absolute atomic E-state index is 0.0939. The maximum Gasteiger partial charge on any atom is 0.488 e. The number of amides is 1. The summed E-state index contributed by atoms with van der Waals surface area (Å²) in [6, 6.07) is 18.9. The molecule has 0 spiro atoms. The van der Waals surface area contributed by atoms with Crippen LogP contribution in [-0.4, -0.2) is 40.9 Å². The van der Waals surface area contributed by atoms with Crippen molar-refractivity contribution in [3.8, 4) is 11.1 Å². The van der Waals surface area contributed by atoms with Crippen molar-refractivity contribution in [2.45, 2.75) is 19.3 Å². The third kappa shape index (κ3) is 4.23. The highest BCUT2D eigenvalue weighted by Gasteiger charge is 2.29. The van der Waals surface area contributed by atoms with Gasteiger partial charge in [0.1, 0.15) is 6.61 Å². The second kappa shape index (κ2) is 8.86. The van der Waals surface area contributed by atoms with E-state index in [4.69, 9.17) is 9.84 Å². The van der Waals surface area contributed by atoms with Crippen LogP contribution in [0.4, 0.5) is 10.5 Å². The van der Waals surface area contributed by atoms with E-state index in [1.165, 1.54) is 12.1 Å². The molecule has 8 heteroatoms. The van der Waals surface area contributed by atoms with Crippen LogP contribution in [0.3, 0.4) is 0 Å². The van der Waals surface area contributed by atoms with E-state index in [1.807, 2.05) is 48.5 Å². The Kier molecular flexibility index (Phi) is 5.98. The fourth-order valence-electron chi connectivity index (χ4n) is 4.24. The molecule has 162 valence electrons. The first-order valence-corrected chi connectivity index (χ1v) is 10.2. The van der Waals surface area contributed by atoms with Crippen molar-refractivity contribution in [2.24, 2.45) is 0 Å². The van der Waals surface area contributed by atoms with Gasteiger partial charge in [0.2, 0.25) is 0 Å². The number of aliphatic carboxylic acids is 1. The molecule has 3 aromatic carbocycles. The van der Waals surface area contributed by atoms with Crippen LogP contribution in [0.1, 0.15) is 28.2 Å². The van der Waals surface area contributed by atoms with E-state index in [9.17, 15) is 19.6 Å². The molecule has 0 radical (unpaired) electrons. The Morgan fingerprint density at radius 3 is 2.16 bits per heavy atom. The number of fused-ring (bicyclic) bond motifs is 3. The lowest BCUT2D eigenvalue weighted by molar-refractivity contribution is -0.136. The summed E-state index contributed by atoms with van der Waals surface area (Å²) in [6.45, 7) is 1.73. The monoisotopic (exact) mass is 431 g/mol. The Balaban J connectivity index is 1.51. The number of carbonyl (C=O) groups is 2. The minimum atomic E-state index is -1.80. The highest BCUT2D eigenvalue weighted by molar-refractivity contribution is 6.59. The zero-order valence-corrected chi connectivity index (χ0v) is 17.4. The van der Waals surface area contributed by atoms with Crippen LogP contribution in [-0.2, 0) is 16.0 Å². The van der Waals surface area contributed by atoms with Gasteiger partial charge in [0.05, 0.1) is 6.42 Å². The Bertz CT molecular complexity index is 1150. The van der Waals surface area contributed by atoms with Gasteiger partial charge in [0.15, 0.2) is 0 Å². The van der Waals surface area contributed by atoms with Gasteiger partial charge in [-0.05, 0) is 57.9 Å². The number of carboxylic acids is 1. The smallest absolute Gasteiger partial charge is 0.481 e. The van der Waals surface area contributed by atoms with E-state index >= 15 is 0 Å². The van der Waals surface area contributed by atoms with Gasteiger partial charge in [0.25, 0.3) is 0 Å². The number of carbonyl (C=O) groups excluding carboxylic acids is 1. The molecule has 0 aliphatic heterocycles. The maximum atomic E-state index is 12.5. The van der Waals surface area contributed by atoms with Crippen molar-refractivity contribution in [3.63, 3.8) is 0 Å². The second-order valence-corrected chi connectivity index (χ2v) is 7.74. The first-order valence-electron chi connectivity index (χ1n) is 10.2. The molecule has 3 aromatic rings. The van der Waals surface area contributed by atoms with Crippen molar-refractivity contribution in [3.05, 3.63) is 82.9 Å². The quantitative estimate of drug-likeness (QED) is 0.446. The van der Waals surface area contributed by atoms with Crippen molar-refractivity contribution in [2.75, 3.05) is 11.9 Å². The number of nitrogens with one attached hydrogen (secondary N) is 1. The van der Waals surface area contributed by atoms with Crippen LogP contribution in [0.15, 0.2) is 60.7 Å². The van der Waals surface area contributed by atoms with Crippen molar-refractivity contribution in [1.82, 2.24) is 0 Å². The normalized spacial score (nSPS) is 12.1. The van der Waals surface area contributed by atoms with Gasteiger partial charge < -0.3 is 19.9 Å². The Hall–Kier alpha value is -3.62. The molecule has 0 fully saturated rings. The van der Waals surface area contributed by atoms with Crippen LogP contribution in [0, 0.1) is 6.92 Å². The second-order valence-electron chi connectivity index (χ2n) is 7.74. The molecule has 0 atom stereocenters. The molecule has 0 unspecified atom stereocenters. The number of hydrogen-bond acceptors (Lipinski definition) is 5. The van der Waals surface area contributed by atoms with E-state index < -0.39 is 19.2 Å². The van der Waals surface area contributed by atoms with E-state index in [1.54, 1.807) is 6.92 Å². The molecule has 32 heavy (non-hydrogen) atoms. The third-order valence-electron chi connectivity index (χ3n) is 5.77. The van der Waals surface area contributed by atoms with Crippen LogP contribution < -0.4 is 10.8 Å². The van der Waals surface area contributed by atoms with Crippen LogP contribution in [0.5, 0.6) is 0 Å². The lowest BCUT2D eigenvalue weighted by atomic mass is 9.75. The molecular formula is C24H22BNO6. The molecule has 1 aliphatic rings. The van der Waals surface area contributed by atoms with E-state index in [2.05, 4.69) is 5.32 Å². The predicted molar refractivity (Wildman–Crippen MR) is 121 cm³/mol.